The van der Waals surface area contributed by atoms with Crippen molar-refractivity contribution < 1.29 is 74.8 Å². The number of hydrogen-bond donors (Lipinski definition) is 0. The first-order chi connectivity index (χ1) is 24.7. The van der Waals surface area contributed by atoms with E-state index in [0.717, 1.165) is 56.4 Å². The molecule has 0 aliphatic carbocycles. The summed E-state index contributed by atoms with van der Waals surface area (Å²) in [5.74, 6) is 0. The van der Waals surface area contributed by atoms with E-state index in [9.17, 15) is 0 Å². The SMILES string of the molecule is CC#N.CC#N.[Cu+2].[O-][Cl+3]([O-])([O-])[O-].[O-][Cl+3]([O-])([O-])[O-].c1ccc(-c2cccc(-c3ccccc3-c3ccccc3-c3cccc(-c4ccccn4)n3)n2)nc1. The van der Waals surface area contributed by atoms with Gasteiger partial charge in [0.2, 0.25) is 0 Å². The number of aromatic nitrogens is 4. The summed E-state index contributed by atoms with van der Waals surface area (Å²) in [5.41, 5.74) is 9.53. The molecule has 4 aromatic heterocycles. The van der Waals surface area contributed by atoms with Gasteiger partial charge < -0.3 is 0 Å². The Morgan fingerprint density at radius 3 is 0.925 bits per heavy atom. The summed E-state index contributed by atoms with van der Waals surface area (Å²) in [6, 6.07) is 44.2. The minimum Gasteiger partial charge on any atom is -0.255 e. The van der Waals surface area contributed by atoms with E-state index in [1.165, 1.54) is 13.8 Å². The van der Waals surface area contributed by atoms with Crippen LogP contribution in [0.25, 0.3) is 56.4 Å². The Hall–Kier alpha value is -5.20. The van der Waals surface area contributed by atoms with E-state index >= 15 is 0 Å². The number of hydrogen-bond acceptors (Lipinski definition) is 14. The van der Waals surface area contributed by atoms with Crippen LogP contribution in [0.4, 0.5) is 0 Å². The Bertz CT molecular complexity index is 1900. The molecule has 6 aromatic rings. The molecule has 0 bridgehead atoms. The molecule has 0 amide bonds. The molecule has 0 atom stereocenters. The summed E-state index contributed by atoms with van der Waals surface area (Å²) >= 11 is 0. The van der Waals surface area contributed by atoms with Gasteiger partial charge in [0.05, 0.1) is 46.3 Å². The number of benzene rings is 2. The van der Waals surface area contributed by atoms with Gasteiger partial charge in [-0.1, -0.05) is 72.8 Å². The van der Waals surface area contributed by atoms with Crippen molar-refractivity contribution in [2.24, 2.45) is 0 Å². The number of halogens is 2. The molecule has 53 heavy (non-hydrogen) atoms. The second-order valence-electron chi connectivity index (χ2n) is 9.54. The first-order valence-electron chi connectivity index (χ1n) is 14.5. The Kier molecular flexibility index (Phi) is 20.2. The zero-order chi connectivity index (χ0) is 38.6. The minimum absolute atomic E-state index is 0. The van der Waals surface area contributed by atoms with Crippen LogP contribution in [0.2, 0.25) is 0 Å². The van der Waals surface area contributed by atoms with Crippen molar-refractivity contribution in [2.45, 2.75) is 13.8 Å². The van der Waals surface area contributed by atoms with E-state index < -0.39 is 20.5 Å². The van der Waals surface area contributed by atoms with Crippen LogP contribution >= 0.6 is 0 Å². The second-order valence-corrected chi connectivity index (χ2v) is 11.1. The van der Waals surface area contributed by atoms with Crippen LogP contribution in [-0.4, -0.2) is 19.9 Å². The molecule has 0 spiro atoms. The Morgan fingerprint density at radius 2 is 0.642 bits per heavy atom. The largest absolute Gasteiger partial charge is 2.00 e. The van der Waals surface area contributed by atoms with Gasteiger partial charge in [0.25, 0.3) is 0 Å². The van der Waals surface area contributed by atoms with E-state index in [1.54, 1.807) is 24.5 Å². The summed E-state index contributed by atoms with van der Waals surface area (Å²) < 4.78 is 67.9. The molecule has 275 valence electrons. The van der Waals surface area contributed by atoms with Gasteiger partial charge in [0, 0.05) is 37.4 Å². The van der Waals surface area contributed by atoms with Crippen LogP contribution < -0.4 is 37.3 Å². The van der Waals surface area contributed by atoms with Crippen LogP contribution in [0.1, 0.15) is 13.8 Å². The molecule has 0 saturated heterocycles. The molecule has 0 saturated carbocycles. The maximum absolute atomic E-state index is 8.49. The van der Waals surface area contributed by atoms with Gasteiger partial charge in [-0.05, 0) is 59.7 Å². The van der Waals surface area contributed by atoms with E-state index in [0.29, 0.717) is 0 Å². The molecule has 0 N–H and O–H groups in total. The fourth-order valence-electron chi connectivity index (χ4n) is 4.37. The Morgan fingerprint density at radius 1 is 0.396 bits per heavy atom. The third-order valence-corrected chi connectivity index (χ3v) is 6.05. The smallest absolute Gasteiger partial charge is 0.255 e. The quantitative estimate of drug-likeness (QED) is 0.192. The van der Waals surface area contributed by atoms with Gasteiger partial charge in [-0.25, -0.2) is 47.2 Å². The zero-order valence-electron chi connectivity index (χ0n) is 27.7. The van der Waals surface area contributed by atoms with Crippen LogP contribution in [0, 0.1) is 43.1 Å². The Labute approximate surface area is 320 Å². The molecule has 0 aliphatic rings. The van der Waals surface area contributed by atoms with Gasteiger partial charge in [-0.15, -0.1) is 20.5 Å². The average molecular weight is 807 g/mol. The van der Waals surface area contributed by atoms with Gasteiger partial charge in [-0.3, -0.25) is 9.97 Å². The monoisotopic (exact) mass is 805 g/mol. The molecule has 6 rings (SSSR count). The van der Waals surface area contributed by atoms with Gasteiger partial charge >= 0.3 is 17.1 Å². The summed E-state index contributed by atoms with van der Waals surface area (Å²) in [6.07, 6.45) is 3.58. The van der Waals surface area contributed by atoms with Crippen molar-refractivity contribution in [1.29, 1.82) is 10.5 Å². The summed E-state index contributed by atoms with van der Waals surface area (Å²) in [7, 11) is -9.89. The molecule has 14 nitrogen and oxygen atoms in total. The maximum Gasteiger partial charge on any atom is 2.00 e. The topological polar surface area (TPSA) is 284 Å². The second kappa shape index (κ2) is 23.4. The van der Waals surface area contributed by atoms with Crippen LogP contribution in [-0.2, 0) is 17.1 Å². The summed E-state index contributed by atoms with van der Waals surface area (Å²) in [5, 5.41) is 14.6. The molecular weight excluding hydrogens is 779 g/mol. The molecule has 0 unspecified atom stereocenters. The maximum atomic E-state index is 8.49. The van der Waals surface area contributed by atoms with E-state index in [-0.39, 0.29) is 17.1 Å². The predicted octanol–water partition coefficient (Wildman–Crippen LogP) is -0.853. The van der Waals surface area contributed by atoms with E-state index in [1.807, 2.05) is 72.8 Å². The van der Waals surface area contributed by atoms with Crippen molar-refractivity contribution >= 4 is 0 Å². The number of pyridine rings is 4. The zero-order valence-corrected chi connectivity index (χ0v) is 30.2. The minimum atomic E-state index is -4.94. The average Bonchev–Trinajstić information content (AvgIpc) is 3.12. The van der Waals surface area contributed by atoms with Crippen LogP contribution in [0.3, 0.4) is 0 Å². The van der Waals surface area contributed by atoms with Crippen molar-refractivity contribution in [3.8, 4) is 68.6 Å². The molecule has 17 heteroatoms. The van der Waals surface area contributed by atoms with Crippen LogP contribution in [0.15, 0.2) is 134 Å². The van der Waals surface area contributed by atoms with Crippen LogP contribution in [0.5, 0.6) is 0 Å². The van der Waals surface area contributed by atoms with Crippen molar-refractivity contribution in [1.82, 2.24) is 19.9 Å². The normalized spacial score (nSPS) is 9.89. The fourth-order valence-corrected chi connectivity index (χ4v) is 4.37. The fraction of sp³-hybridized carbons (Fsp3) is 0.0556. The van der Waals surface area contributed by atoms with Crippen molar-refractivity contribution in [2.75, 3.05) is 0 Å². The van der Waals surface area contributed by atoms with E-state index in [2.05, 4.69) is 58.5 Å². The summed E-state index contributed by atoms with van der Waals surface area (Å²) in [4.78, 5) is 18.9. The van der Waals surface area contributed by atoms with E-state index in [4.69, 9.17) is 57.8 Å². The molecule has 4 heterocycles. The molecular formula is C36H28Cl2CuN6O8. The van der Waals surface area contributed by atoms with Crippen molar-refractivity contribution in [3.05, 3.63) is 134 Å². The molecule has 0 aliphatic heterocycles. The van der Waals surface area contributed by atoms with Gasteiger partial charge in [0.15, 0.2) is 0 Å². The molecule has 0 fully saturated rings. The standard InChI is InChI=1S/C32H22N4.2C2H3N.2ClHO4.Cu/c1-3-13-25(27-17-9-19-31(35-27)29-15-5-7-21-33-29)23(11-1)24-12-2-4-14-26(24)28-18-10-20-32(36-28)30-16-6-8-22-34-30;2*1-2-3;2*2-1(3,4)5;/h1-22H;2*1H3;2*(H,2,3,4,5);/q;;;;;+2/p-2. The van der Waals surface area contributed by atoms with Crippen molar-refractivity contribution in [3.63, 3.8) is 0 Å². The first-order valence-corrected chi connectivity index (χ1v) is 17.0. The molecule has 1 radical (unpaired) electrons. The number of nitriles is 2. The third kappa shape index (κ3) is 17.7. The number of nitrogens with zero attached hydrogens (tertiary/aromatic N) is 6. The van der Waals surface area contributed by atoms with Gasteiger partial charge in [0.1, 0.15) is 0 Å². The predicted molar refractivity (Wildman–Crippen MR) is 167 cm³/mol. The van der Waals surface area contributed by atoms with Gasteiger partial charge in [-0.2, -0.15) is 10.5 Å². The third-order valence-electron chi connectivity index (χ3n) is 6.05. The molecule has 2 aromatic carbocycles. The Balaban J connectivity index is 0.000000704. The first kappa shape index (κ1) is 45.8. The summed E-state index contributed by atoms with van der Waals surface area (Å²) in [6.45, 7) is 2.86. The number of rotatable bonds is 5.